The van der Waals surface area contributed by atoms with Gasteiger partial charge in [0.05, 0.1) is 30.0 Å². The lowest BCUT2D eigenvalue weighted by molar-refractivity contribution is -0.142. The third-order valence-corrected chi connectivity index (χ3v) is 12.5. The maximum Gasteiger partial charge on any atom is 0.408 e. The number of rotatable bonds is 8. The number of alkyl carbamates (subject to hydrolysis) is 1. The Morgan fingerprint density at radius 1 is 1.11 bits per heavy atom. The number of sulfonamides is 1. The average Bonchev–Trinajstić information content (AvgIpc) is 4.02. The van der Waals surface area contributed by atoms with E-state index >= 15 is 0 Å². The van der Waals surface area contributed by atoms with Crippen molar-refractivity contribution >= 4 is 44.6 Å². The first-order chi connectivity index (χ1) is 25.9. The monoisotopic (exact) mass is 785 g/mol. The van der Waals surface area contributed by atoms with E-state index in [9.17, 15) is 32.0 Å². The molecule has 300 valence electrons. The Morgan fingerprint density at radius 2 is 1.85 bits per heavy atom. The quantitative estimate of drug-likeness (QED) is 0.322. The molecule has 3 heterocycles. The number of pyridine rings is 1. The predicted octanol–water partition coefficient (Wildman–Crippen LogP) is 4.51. The fourth-order valence-corrected chi connectivity index (χ4v) is 8.98. The molecule has 0 radical (unpaired) electrons. The number of nitrogens with one attached hydrogen (secondary N) is 3. The molecule has 4 aliphatic rings. The first-order valence-electron chi connectivity index (χ1n) is 19.1. The number of fused-ring (bicyclic) bond motifs is 3. The lowest BCUT2D eigenvalue weighted by atomic mass is 9.88. The molecule has 2 aliphatic heterocycles. The molecule has 0 spiro atoms. The Bertz CT molecular complexity index is 1970. The van der Waals surface area contributed by atoms with Crippen LogP contribution in [0.3, 0.4) is 0 Å². The van der Waals surface area contributed by atoms with Crippen LogP contribution < -0.4 is 24.8 Å². The summed E-state index contributed by atoms with van der Waals surface area (Å²) in [5.41, 5.74) is -2.40. The highest BCUT2D eigenvalue weighted by molar-refractivity contribution is 7.91. The summed E-state index contributed by atoms with van der Waals surface area (Å²) in [7, 11) is -3.93. The van der Waals surface area contributed by atoms with Gasteiger partial charge in [-0.3, -0.25) is 19.1 Å². The van der Waals surface area contributed by atoms with Gasteiger partial charge in [0.2, 0.25) is 27.7 Å². The molecule has 14 nitrogen and oxygen atoms in total. The number of allylic oxidation sites excluding steroid dienone is 1. The van der Waals surface area contributed by atoms with Crippen LogP contribution in [0.5, 0.6) is 11.6 Å². The van der Waals surface area contributed by atoms with Gasteiger partial charge in [-0.15, -0.1) is 0 Å². The van der Waals surface area contributed by atoms with E-state index in [0.717, 1.165) is 6.42 Å². The van der Waals surface area contributed by atoms with Gasteiger partial charge >= 0.3 is 6.09 Å². The van der Waals surface area contributed by atoms with E-state index in [4.69, 9.17) is 14.2 Å². The minimum Gasteiger partial charge on any atom is -0.492 e. The van der Waals surface area contributed by atoms with Gasteiger partial charge in [-0.1, -0.05) is 26.0 Å². The van der Waals surface area contributed by atoms with E-state index in [0.29, 0.717) is 48.8 Å². The molecule has 2 aromatic rings. The fraction of sp³-hybridized carbons (Fsp3) is 0.615. The van der Waals surface area contributed by atoms with Crippen LogP contribution >= 0.6 is 0 Å². The fourth-order valence-electron chi connectivity index (χ4n) is 7.62. The second-order valence-electron chi connectivity index (χ2n) is 16.4. The zero-order valence-corrected chi connectivity index (χ0v) is 33.0. The Balaban J connectivity index is 1.36. The molecule has 2 saturated carbocycles. The van der Waals surface area contributed by atoms with Gasteiger partial charge in [0.1, 0.15) is 40.9 Å². The molecule has 1 aromatic heterocycles. The minimum atomic E-state index is -3.93. The summed E-state index contributed by atoms with van der Waals surface area (Å²) >= 11 is 0. The second kappa shape index (κ2) is 15.6. The third kappa shape index (κ3) is 9.16. The summed E-state index contributed by atoms with van der Waals surface area (Å²) in [5, 5.41) is 5.86. The van der Waals surface area contributed by atoms with Crippen LogP contribution in [0.4, 0.5) is 9.18 Å². The molecule has 4 amide bonds. The van der Waals surface area contributed by atoms with Crippen molar-refractivity contribution in [1.82, 2.24) is 25.2 Å². The maximum absolute atomic E-state index is 14.7. The second-order valence-corrected chi connectivity index (χ2v) is 18.4. The van der Waals surface area contributed by atoms with Gasteiger partial charge in [-0.05, 0) is 96.3 Å². The summed E-state index contributed by atoms with van der Waals surface area (Å²) in [6.07, 6.45) is 6.61. The Hall–Kier alpha value is -4.47. The number of hydrogen-bond acceptors (Lipinski definition) is 10. The molecule has 1 aromatic carbocycles. The Kier molecular flexibility index (Phi) is 11.4. The molecule has 7 atom stereocenters. The van der Waals surface area contributed by atoms with Gasteiger partial charge in [0.25, 0.3) is 5.91 Å². The van der Waals surface area contributed by atoms with Crippen molar-refractivity contribution in [3.63, 3.8) is 0 Å². The lowest BCUT2D eigenvalue weighted by Crippen LogP contribution is -2.59. The number of hydrogen-bond donors (Lipinski definition) is 3. The largest absolute Gasteiger partial charge is 0.492 e. The van der Waals surface area contributed by atoms with Gasteiger partial charge in [-0.2, -0.15) is 0 Å². The minimum absolute atomic E-state index is 0.0498. The van der Waals surface area contributed by atoms with Crippen molar-refractivity contribution in [3.05, 3.63) is 42.4 Å². The molecule has 0 bridgehead atoms. The number of carbonyl (C=O) groups excluding carboxylic acids is 4. The van der Waals surface area contributed by atoms with Gasteiger partial charge in [0, 0.05) is 17.7 Å². The number of carbonyl (C=O) groups is 4. The number of ether oxygens (including phenoxy) is 3. The van der Waals surface area contributed by atoms with Crippen LogP contribution in [0, 0.1) is 23.6 Å². The summed E-state index contributed by atoms with van der Waals surface area (Å²) in [6.45, 7) is 11.1. The molecule has 3 N–H and O–H groups in total. The molecule has 3 fully saturated rings. The van der Waals surface area contributed by atoms with Crippen LogP contribution in [0.15, 0.2) is 36.5 Å². The van der Waals surface area contributed by atoms with Crippen molar-refractivity contribution in [2.45, 2.75) is 121 Å². The maximum atomic E-state index is 14.7. The smallest absolute Gasteiger partial charge is 0.408 e. The highest BCUT2D eigenvalue weighted by atomic mass is 32.2. The molecule has 16 heteroatoms. The zero-order chi connectivity index (χ0) is 39.9. The van der Waals surface area contributed by atoms with Crippen molar-refractivity contribution < 1.29 is 46.2 Å². The first-order valence-corrected chi connectivity index (χ1v) is 20.7. The van der Waals surface area contributed by atoms with Crippen molar-refractivity contribution in [3.8, 4) is 11.6 Å². The molecule has 0 unspecified atom stereocenters. The summed E-state index contributed by atoms with van der Waals surface area (Å²) in [4.78, 5) is 61.9. The van der Waals surface area contributed by atoms with E-state index in [1.54, 1.807) is 26.8 Å². The standard InChI is InChI=1S/C39H52FN5O9S/c1-7-52-31-20-41-34(29-17-25(40)12-15-28(29)31)53-26-18-30-33(46)43-39(36(48)44-55(50,51)27-13-14-27)19-24(39)11-9-8-10-22(2)16-23(3)32(35(47)45(30)21-26)42-37(49)54-38(4,5)6/h9,11-12,15,17,20,22-24,26-27,30,32H,7-8,10,13-14,16,18-19,21H2,1-6H3,(H,42,49)(H,43,46)(H,44,48)/b11-9-/t22-,23-,24-,26-,30+,32+,39-/m1/s1. The Labute approximate surface area is 321 Å². The van der Waals surface area contributed by atoms with Crippen LogP contribution in [0.2, 0.25) is 0 Å². The molecule has 6 rings (SSSR count). The van der Waals surface area contributed by atoms with Gasteiger partial charge in [-0.25, -0.2) is 22.6 Å². The van der Waals surface area contributed by atoms with E-state index in [1.807, 2.05) is 26.0 Å². The van der Waals surface area contributed by atoms with Gasteiger partial charge < -0.3 is 29.7 Å². The van der Waals surface area contributed by atoms with Crippen molar-refractivity contribution in [2.75, 3.05) is 13.2 Å². The van der Waals surface area contributed by atoms with Crippen LogP contribution in [-0.4, -0.2) is 89.8 Å². The van der Waals surface area contributed by atoms with E-state index in [2.05, 4.69) is 27.3 Å². The van der Waals surface area contributed by atoms with E-state index < -0.39 is 80.2 Å². The molecule has 55 heavy (non-hydrogen) atoms. The Morgan fingerprint density at radius 3 is 2.55 bits per heavy atom. The first kappa shape index (κ1) is 40.2. The molecule has 2 aliphatic carbocycles. The lowest BCUT2D eigenvalue weighted by Gasteiger charge is -2.33. The highest BCUT2D eigenvalue weighted by Gasteiger charge is 2.62. The van der Waals surface area contributed by atoms with E-state index in [-0.39, 0.29) is 37.1 Å². The van der Waals surface area contributed by atoms with Crippen LogP contribution in [0.25, 0.3) is 10.8 Å². The van der Waals surface area contributed by atoms with Crippen LogP contribution in [-0.2, 0) is 29.1 Å². The van der Waals surface area contributed by atoms with E-state index in [1.165, 1.54) is 23.2 Å². The number of amides is 4. The molecular formula is C39H52FN5O9S. The molecule has 1 saturated heterocycles. The number of nitrogens with zero attached hydrogens (tertiary/aromatic N) is 2. The third-order valence-electron chi connectivity index (χ3n) is 10.6. The SMILES string of the molecule is CCOc1cnc(O[C@@H]2C[C@H]3C(=O)N[C@]4(C(=O)NS(=O)(=O)C5CC5)C[C@H]4/C=C\CC[C@@H](C)C[C@@H](C)[C@H](NC(=O)OC(C)(C)C)C(=O)N3C2)c2cc(F)ccc12. The normalized spacial score (nSPS) is 29.5. The summed E-state index contributed by atoms with van der Waals surface area (Å²) in [6, 6.07) is 1.83. The van der Waals surface area contributed by atoms with Crippen molar-refractivity contribution in [1.29, 1.82) is 0 Å². The summed E-state index contributed by atoms with van der Waals surface area (Å²) in [5.74, 6) is -2.82. The number of benzene rings is 1. The topological polar surface area (TPSA) is 182 Å². The van der Waals surface area contributed by atoms with Gasteiger partial charge in [0.15, 0.2) is 0 Å². The summed E-state index contributed by atoms with van der Waals surface area (Å²) < 4.78 is 60.1. The predicted molar refractivity (Wildman–Crippen MR) is 201 cm³/mol. The van der Waals surface area contributed by atoms with Crippen molar-refractivity contribution in [2.24, 2.45) is 17.8 Å². The highest BCUT2D eigenvalue weighted by Crippen LogP contribution is 2.46. The zero-order valence-electron chi connectivity index (χ0n) is 32.2. The molecular weight excluding hydrogens is 734 g/mol. The number of aromatic nitrogens is 1. The van der Waals surface area contributed by atoms with Crippen LogP contribution in [0.1, 0.15) is 86.5 Å². The number of halogens is 1. The average molecular weight is 786 g/mol.